The van der Waals surface area contributed by atoms with E-state index in [0.29, 0.717) is 0 Å². The van der Waals surface area contributed by atoms with E-state index in [-0.39, 0.29) is 10.8 Å². The number of nitrogens with zero attached hydrogens (tertiary/aromatic N) is 2. The molecule has 10 aromatic carbocycles. The highest BCUT2D eigenvalue weighted by atomic mass is 15.0. The summed E-state index contributed by atoms with van der Waals surface area (Å²) in [5.74, 6) is 0. The van der Waals surface area contributed by atoms with Gasteiger partial charge < -0.3 is 9.13 Å². The van der Waals surface area contributed by atoms with Crippen LogP contribution in [0.15, 0.2) is 206 Å². The number of rotatable bonds is 2. The summed E-state index contributed by atoms with van der Waals surface area (Å²) in [6.07, 6.45) is 0. The third kappa shape index (κ3) is 4.37. The Balaban J connectivity index is 0.969. The molecule has 0 fully saturated rings. The molecule has 0 aliphatic heterocycles. The smallest absolute Gasteiger partial charge is 0.0727 e. The minimum Gasteiger partial charge on any atom is -0.309 e. The molecule has 1 spiro atoms. The van der Waals surface area contributed by atoms with Crippen LogP contribution in [0.3, 0.4) is 0 Å². The first-order valence-corrected chi connectivity index (χ1v) is 24.6. The third-order valence-corrected chi connectivity index (χ3v) is 17.3. The molecule has 0 amide bonds. The zero-order valence-corrected chi connectivity index (χ0v) is 39.0. The van der Waals surface area contributed by atoms with Crippen LogP contribution in [0.4, 0.5) is 0 Å². The van der Waals surface area contributed by atoms with Crippen LogP contribution in [0.1, 0.15) is 72.2 Å². The highest BCUT2D eigenvalue weighted by Crippen LogP contribution is 2.64. The van der Waals surface area contributed by atoms with Crippen LogP contribution in [0.2, 0.25) is 0 Å². The number of benzene rings is 10. The zero-order valence-electron chi connectivity index (χ0n) is 39.0. The summed E-state index contributed by atoms with van der Waals surface area (Å²) in [6.45, 7) is 9.65. The van der Waals surface area contributed by atoms with E-state index in [0.717, 1.165) is 0 Å². The van der Waals surface area contributed by atoms with E-state index >= 15 is 0 Å². The fourth-order valence-electron chi connectivity index (χ4n) is 14.6. The number of hydrogen-bond donors (Lipinski definition) is 0. The van der Waals surface area contributed by atoms with E-state index in [1.54, 1.807) is 0 Å². The average molecular weight is 879 g/mol. The largest absolute Gasteiger partial charge is 0.309 e. The molecule has 0 saturated heterocycles. The normalized spacial score (nSPS) is 15.6. The predicted octanol–water partition coefficient (Wildman–Crippen LogP) is 16.8. The monoisotopic (exact) mass is 878 g/mol. The van der Waals surface area contributed by atoms with Crippen LogP contribution in [0.5, 0.6) is 0 Å². The summed E-state index contributed by atoms with van der Waals surface area (Å²) < 4.78 is 5.10. The molecule has 324 valence electrons. The van der Waals surface area contributed by atoms with Crippen LogP contribution >= 0.6 is 0 Å². The molecule has 16 rings (SSSR count). The van der Waals surface area contributed by atoms with Crippen molar-refractivity contribution in [3.8, 4) is 55.9 Å². The van der Waals surface area contributed by atoms with Gasteiger partial charge in [-0.3, -0.25) is 0 Å². The number of fused-ring (bicyclic) bond motifs is 24. The van der Waals surface area contributed by atoms with Gasteiger partial charge in [-0.25, -0.2) is 0 Å². The molecule has 0 N–H and O–H groups in total. The van der Waals surface area contributed by atoms with Crippen LogP contribution in [-0.2, 0) is 16.2 Å². The Hall–Kier alpha value is -8.20. The molecule has 69 heavy (non-hydrogen) atoms. The lowest BCUT2D eigenvalue weighted by Gasteiger charge is -2.31. The molecule has 4 aliphatic rings. The summed E-state index contributed by atoms with van der Waals surface area (Å²) >= 11 is 0. The molecule has 4 aliphatic carbocycles. The van der Waals surface area contributed by atoms with Crippen molar-refractivity contribution in [2.45, 2.75) is 43.9 Å². The minimum absolute atomic E-state index is 0.142. The van der Waals surface area contributed by atoms with Crippen molar-refractivity contribution in [3.63, 3.8) is 0 Å². The van der Waals surface area contributed by atoms with Gasteiger partial charge in [0.15, 0.2) is 0 Å². The van der Waals surface area contributed by atoms with Gasteiger partial charge in [0.2, 0.25) is 0 Å². The van der Waals surface area contributed by atoms with Crippen LogP contribution in [0.25, 0.3) is 99.5 Å². The maximum absolute atomic E-state index is 2.55. The SMILES string of the molecule is CC1(C)c2ccccc2-c2ccc3c(c21)c1ccccc1n3-c1ccc2c(c1)C1(c3ccccc3-c3ccccc31)c1cc(-n3c4ccccc4c4c5c(ccc43)-c3ccccc3C5(C)C)ccc1-2. The first-order valence-electron chi connectivity index (χ1n) is 24.6. The van der Waals surface area contributed by atoms with E-state index in [1.165, 1.54) is 144 Å². The van der Waals surface area contributed by atoms with Gasteiger partial charge in [-0.1, -0.05) is 185 Å². The number of para-hydroxylation sites is 2. The molecule has 2 heteroatoms. The zero-order chi connectivity index (χ0) is 45.7. The topological polar surface area (TPSA) is 9.86 Å². The number of hydrogen-bond acceptors (Lipinski definition) is 0. The predicted molar refractivity (Wildman–Crippen MR) is 287 cm³/mol. The second-order valence-corrected chi connectivity index (χ2v) is 21.1. The Labute approximate surface area is 401 Å². The molecule has 0 atom stereocenters. The first kappa shape index (κ1) is 37.8. The van der Waals surface area contributed by atoms with Gasteiger partial charge in [-0.2, -0.15) is 0 Å². The Bertz CT molecular complexity index is 4040. The quantitative estimate of drug-likeness (QED) is 0.164. The van der Waals surface area contributed by atoms with Gasteiger partial charge >= 0.3 is 0 Å². The lowest BCUT2D eigenvalue weighted by molar-refractivity contribution is 0.666. The molecule has 0 bridgehead atoms. The van der Waals surface area contributed by atoms with Crippen molar-refractivity contribution in [1.82, 2.24) is 9.13 Å². The van der Waals surface area contributed by atoms with Crippen LogP contribution < -0.4 is 0 Å². The molecule has 12 aromatic rings. The van der Waals surface area contributed by atoms with Gasteiger partial charge in [0.25, 0.3) is 0 Å². The van der Waals surface area contributed by atoms with E-state index in [9.17, 15) is 0 Å². The van der Waals surface area contributed by atoms with Gasteiger partial charge in [0.05, 0.1) is 27.5 Å². The van der Waals surface area contributed by atoms with E-state index in [2.05, 4.69) is 243 Å². The summed E-state index contributed by atoms with van der Waals surface area (Å²) in [6, 6.07) is 78.9. The lowest BCUT2D eigenvalue weighted by Crippen LogP contribution is -2.26. The standard InChI is InChI=1S/C67H46N2/c1-65(2)51-23-11-5-19-43(51)47-33-35-59-61(63(47)65)49-21-9-15-27-57(49)68(59)39-29-31-45-46-32-30-40(38-56(46)67(55(45)37-39)53-25-13-7-17-41(53)42-18-8-14-26-54(42)67)69-58-28-16-10-22-50(58)62-60(69)36-34-48-44-20-6-12-24-52(44)66(3,4)64(48)62/h5-38H,1-4H3. The Kier molecular flexibility index (Phi) is 6.94. The Morgan fingerprint density at radius 2 is 0.609 bits per heavy atom. The van der Waals surface area contributed by atoms with Crippen LogP contribution in [0, 0.1) is 0 Å². The maximum atomic E-state index is 2.55. The summed E-state index contributed by atoms with van der Waals surface area (Å²) in [5.41, 5.74) is 28.1. The first-order chi connectivity index (χ1) is 33.8. The molecule has 2 aromatic heterocycles. The second-order valence-electron chi connectivity index (χ2n) is 21.1. The molecular formula is C67H46N2. The molecule has 0 saturated carbocycles. The highest BCUT2D eigenvalue weighted by molar-refractivity contribution is 6.16. The third-order valence-electron chi connectivity index (χ3n) is 17.3. The summed E-state index contributed by atoms with van der Waals surface area (Å²) in [7, 11) is 0. The molecule has 2 heterocycles. The van der Waals surface area contributed by atoms with Crippen molar-refractivity contribution >= 4 is 43.6 Å². The fourth-order valence-corrected chi connectivity index (χ4v) is 14.6. The van der Waals surface area contributed by atoms with Crippen molar-refractivity contribution in [2.24, 2.45) is 0 Å². The minimum atomic E-state index is -0.544. The summed E-state index contributed by atoms with van der Waals surface area (Å²) in [4.78, 5) is 0. The van der Waals surface area contributed by atoms with Gasteiger partial charge in [0, 0.05) is 43.7 Å². The highest BCUT2D eigenvalue weighted by Gasteiger charge is 2.52. The van der Waals surface area contributed by atoms with Gasteiger partial charge in [-0.05, 0) is 138 Å². The van der Waals surface area contributed by atoms with Gasteiger partial charge in [0.1, 0.15) is 0 Å². The van der Waals surface area contributed by atoms with Crippen molar-refractivity contribution < 1.29 is 0 Å². The van der Waals surface area contributed by atoms with Crippen molar-refractivity contribution in [2.75, 3.05) is 0 Å². The van der Waals surface area contributed by atoms with E-state index in [4.69, 9.17) is 0 Å². The lowest BCUT2D eigenvalue weighted by atomic mass is 9.70. The Morgan fingerprint density at radius 1 is 0.275 bits per heavy atom. The van der Waals surface area contributed by atoms with E-state index < -0.39 is 5.41 Å². The molecule has 0 unspecified atom stereocenters. The second kappa shape index (κ2) is 12.7. The fraction of sp³-hybridized carbons (Fsp3) is 0.104. The van der Waals surface area contributed by atoms with Crippen LogP contribution in [-0.4, -0.2) is 9.13 Å². The van der Waals surface area contributed by atoms with E-state index in [1.807, 2.05) is 0 Å². The van der Waals surface area contributed by atoms with Crippen molar-refractivity contribution in [3.05, 3.63) is 251 Å². The average Bonchev–Trinajstić information content (AvgIpc) is 4.18. The molecular weight excluding hydrogens is 833 g/mol. The number of aromatic nitrogens is 2. The summed E-state index contributed by atoms with van der Waals surface area (Å²) in [5, 5.41) is 5.31. The van der Waals surface area contributed by atoms with Gasteiger partial charge in [-0.15, -0.1) is 0 Å². The molecule has 0 radical (unpaired) electrons. The molecule has 2 nitrogen and oxygen atoms in total. The van der Waals surface area contributed by atoms with Crippen molar-refractivity contribution in [1.29, 1.82) is 0 Å². The Morgan fingerprint density at radius 3 is 1.04 bits per heavy atom. The maximum Gasteiger partial charge on any atom is 0.0727 e.